The SMILES string of the molecule is O=c1ccc(-c2ccccc2F)c2n1C[C@@H]1C[C@@H]2CN(Cc2cc3ccccc3o2)C1. The van der Waals surface area contributed by atoms with Crippen LogP contribution in [0.25, 0.3) is 22.1 Å². The van der Waals surface area contributed by atoms with Gasteiger partial charge in [-0.05, 0) is 36.6 Å². The maximum Gasteiger partial charge on any atom is 0.250 e. The van der Waals surface area contributed by atoms with Crippen LogP contribution in [0, 0.1) is 11.7 Å². The van der Waals surface area contributed by atoms with Crippen LogP contribution in [0.4, 0.5) is 4.39 Å². The lowest BCUT2D eigenvalue weighted by atomic mass is 9.80. The van der Waals surface area contributed by atoms with Gasteiger partial charge < -0.3 is 8.98 Å². The van der Waals surface area contributed by atoms with Gasteiger partial charge in [-0.2, -0.15) is 0 Å². The lowest BCUT2D eigenvalue weighted by Crippen LogP contribution is -2.47. The average molecular weight is 414 g/mol. The lowest BCUT2D eigenvalue weighted by Gasteiger charge is -2.43. The van der Waals surface area contributed by atoms with Gasteiger partial charge in [0.25, 0.3) is 5.56 Å². The number of benzene rings is 2. The van der Waals surface area contributed by atoms with E-state index in [9.17, 15) is 9.18 Å². The number of hydrogen-bond acceptors (Lipinski definition) is 3. The van der Waals surface area contributed by atoms with Crippen molar-refractivity contribution in [2.24, 2.45) is 5.92 Å². The molecule has 2 aromatic heterocycles. The Bertz CT molecular complexity index is 1310. The molecular weight excluding hydrogens is 391 g/mol. The van der Waals surface area contributed by atoms with Gasteiger partial charge in [-0.25, -0.2) is 4.39 Å². The molecule has 0 amide bonds. The molecule has 4 aromatic rings. The maximum atomic E-state index is 14.6. The normalized spacial score (nSPS) is 20.7. The number of aromatic nitrogens is 1. The number of rotatable bonds is 3. The Morgan fingerprint density at radius 1 is 0.935 bits per heavy atom. The second-order valence-electron chi connectivity index (χ2n) is 8.80. The topological polar surface area (TPSA) is 38.4 Å². The summed E-state index contributed by atoms with van der Waals surface area (Å²) in [5.41, 5.74) is 3.30. The van der Waals surface area contributed by atoms with Crippen molar-refractivity contribution in [1.29, 1.82) is 0 Å². The third-order valence-corrected chi connectivity index (χ3v) is 6.69. The van der Waals surface area contributed by atoms with Crippen LogP contribution in [0.1, 0.15) is 23.8 Å². The number of likely N-dealkylation sites (tertiary alicyclic amines) is 1. The molecule has 2 aromatic carbocycles. The zero-order valence-electron chi connectivity index (χ0n) is 17.1. The fourth-order valence-corrected chi connectivity index (χ4v) is 5.49. The Morgan fingerprint density at radius 3 is 2.65 bits per heavy atom. The van der Waals surface area contributed by atoms with Gasteiger partial charge in [-0.15, -0.1) is 0 Å². The number of fused-ring (bicyclic) bond motifs is 5. The Morgan fingerprint density at radius 2 is 1.77 bits per heavy atom. The van der Waals surface area contributed by atoms with Crippen LogP contribution < -0.4 is 5.56 Å². The first kappa shape index (κ1) is 18.6. The number of hydrogen-bond donors (Lipinski definition) is 0. The molecular formula is C26H23FN2O2. The Balaban J connectivity index is 1.36. The van der Waals surface area contributed by atoms with Gasteiger partial charge in [0.1, 0.15) is 17.2 Å². The molecule has 31 heavy (non-hydrogen) atoms. The number of nitrogens with zero attached hydrogens (tertiary/aromatic N) is 2. The first-order chi connectivity index (χ1) is 15.2. The second-order valence-corrected chi connectivity index (χ2v) is 8.80. The van der Waals surface area contributed by atoms with Crippen LogP contribution in [0.2, 0.25) is 0 Å². The summed E-state index contributed by atoms with van der Waals surface area (Å²) in [5, 5.41) is 1.12. The van der Waals surface area contributed by atoms with Crippen LogP contribution in [0.5, 0.6) is 0 Å². The monoisotopic (exact) mass is 414 g/mol. The highest BCUT2D eigenvalue weighted by atomic mass is 19.1. The molecule has 2 bridgehead atoms. The molecule has 2 aliphatic rings. The largest absolute Gasteiger partial charge is 0.460 e. The van der Waals surface area contributed by atoms with Crippen LogP contribution in [0.3, 0.4) is 0 Å². The van der Waals surface area contributed by atoms with E-state index in [4.69, 9.17) is 4.42 Å². The van der Waals surface area contributed by atoms with Crippen molar-refractivity contribution in [3.8, 4) is 11.1 Å². The van der Waals surface area contributed by atoms with Gasteiger partial charge in [0.2, 0.25) is 0 Å². The quantitative estimate of drug-likeness (QED) is 0.473. The molecule has 2 aliphatic heterocycles. The summed E-state index contributed by atoms with van der Waals surface area (Å²) >= 11 is 0. The van der Waals surface area contributed by atoms with E-state index in [-0.39, 0.29) is 17.3 Å². The van der Waals surface area contributed by atoms with Crippen molar-refractivity contribution in [3.63, 3.8) is 0 Å². The Labute approximate surface area is 179 Å². The highest BCUT2D eigenvalue weighted by molar-refractivity contribution is 5.77. The minimum absolute atomic E-state index is 0.00974. The van der Waals surface area contributed by atoms with Crippen molar-refractivity contribution in [1.82, 2.24) is 9.47 Å². The average Bonchev–Trinajstić information content (AvgIpc) is 3.17. The van der Waals surface area contributed by atoms with Crippen LogP contribution in [-0.2, 0) is 13.1 Å². The first-order valence-electron chi connectivity index (χ1n) is 10.8. The van der Waals surface area contributed by atoms with E-state index < -0.39 is 0 Å². The number of pyridine rings is 1. The van der Waals surface area contributed by atoms with Gasteiger partial charge in [0.05, 0.1) is 6.54 Å². The van der Waals surface area contributed by atoms with Crippen molar-refractivity contribution in [2.45, 2.75) is 25.4 Å². The third kappa shape index (κ3) is 3.20. The van der Waals surface area contributed by atoms with Crippen molar-refractivity contribution < 1.29 is 8.81 Å². The second kappa shape index (κ2) is 7.20. The van der Waals surface area contributed by atoms with Crippen LogP contribution >= 0.6 is 0 Å². The van der Waals surface area contributed by atoms with Gasteiger partial charge >= 0.3 is 0 Å². The molecule has 1 fully saturated rings. The van der Waals surface area contributed by atoms with E-state index in [0.717, 1.165) is 54.0 Å². The first-order valence-corrected chi connectivity index (χ1v) is 10.8. The van der Waals surface area contributed by atoms with E-state index in [2.05, 4.69) is 17.0 Å². The van der Waals surface area contributed by atoms with E-state index in [1.165, 1.54) is 6.07 Å². The fourth-order valence-electron chi connectivity index (χ4n) is 5.49. The fraction of sp³-hybridized carbons (Fsp3) is 0.269. The minimum Gasteiger partial charge on any atom is -0.460 e. The van der Waals surface area contributed by atoms with Gasteiger partial charge in [0, 0.05) is 53.8 Å². The Hall–Kier alpha value is -3.18. The van der Waals surface area contributed by atoms with Gasteiger partial charge in [-0.3, -0.25) is 9.69 Å². The number of piperidine rings is 1. The predicted octanol–water partition coefficient (Wildman–Crippen LogP) is 5.02. The molecule has 6 rings (SSSR count). The molecule has 0 unspecified atom stereocenters. The molecule has 0 saturated carbocycles. The van der Waals surface area contributed by atoms with E-state index >= 15 is 0 Å². The third-order valence-electron chi connectivity index (χ3n) is 6.69. The molecule has 4 heterocycles. The minimum atomic E-state index is -0.249. The van der Waals surface area contributed by atoms with E-state index in [1.54, 1.807) is 24.3 Å². The molecule has 2 atom stereocenters. The zero-order chi connectivity index (χ0) is 20.9. The number of furan rings is 1. The summed E-state index contributed by atoms with van der Waals surface area (Å²) in [6, 6.07) is 20.4. The van der Waals surface area contributed by atoms with E-state index in [0.29, 0.717) is 18.0 Å². The van der Waals surface area contributed by atoms with Crippen LogP contribution in [-0.4, -0.2) is 22.6 Å². The molecule has 0 aliphatic carbocycles. The molecule has 156 valence electrons. The lowest BCUT2D eigenvalue weighted by molar-refractivity contribution is 0.109. The van der Waals surface area contributed by atoms with Crippen molar-refractivity contribution >= 4 is 11.0 Å². The summed E-state index contributed by atoms with van der Waals surface area (Å²) in [5.74, 6) is 1.31. The zero-order valence-corrected chi connectivity index (χ0v) is 17.1. The maximum absolute atomic E-state index is 14.6. The van der Waals surface area contributed by atoms with Crippen molar-refractivity contribution in [3.05, 3.63) is 94.4 Å². The smallest absolute Gasteiger partial charge is 0.250 e. The summed E-state index contributed by atoms with van der Waals surface area (Å²) in [6.45, 7) is 3.19. The molecule has 1 saturated heterocycles. The summed E-state index contributed by atoms with van der Waals surface area (Å²) < 4.78 is 22.6. The number of para-hydroxylation sites is 1. The molecule has 0 spiro atoms. The summed E-state index contributed by atoms with van der Waals surface area (Å²) in [6.07, 6.45) is 1.03. The summed E-state index contributed by atoms with van der Waals surface area (Å²) in [7, 11) is 0. The van der Waals surface area contributed by atoms with Crippen molar-refractivity contribution in [2.75, 3.05) is 13.1 Å². The molecule has 5 heteroatoms. The van der Waals surface area contributed by atoms with Crippen LogP contribution in [0.15, 0.2) is 75.9 Å². The Kier molecular flexibility index (Phi) is 4.32. The van der Waals surface area contributed by atoms with E-state index in [1.807, 2.05) is 28.8 Å². The molecule has 4 nitrogen and oxygen atoms in total. The highest BCUT2D eigenvalue weighted by Gasteiger charge is 2.36. The standard InChI is InChI=1S/C26H23FN2O2/c27-23-7-3-2-6-21(23)22-9-10-25(30)29-14-17-11-19(26(22)29)15-28(13-17)16-20-12-18-5-1-4-8-24(18)31-20/h1-10,12,17,19H,11,13-16H2/t17-,19-/m1/s1. The van der Waals surface area contributed by atoms with Gasteiger partial charge in [0.15, 0.2) is 0 Å². The predicted molar refractivity (Wildman–Crippen MR) is 118 cm³/mol. The number of halogens is 1. The van der Waals surface area contributed by atoms with Gasteiger partial charge in [-0.1, -0.05) is 36.4 Å². The highest BCUT2D eigenvalue weighted by Crippen LogP contribution is 2.40. The summed E-state index contributed by atoms with van der Waals surface area (Å²) in [4.78, 5) is 15.1. The molecule has 0 N–H and O–H groups in total. The molecule has 0 radical (unpaired) electrons.